The molecule has 1 aliphatic rings. The molecule has 164 valence electrons. The molecule has 0 atom stereocenters. The minimum Gasteiger partial charge on any atom is -0.507 e. The van der Waals surface area contributed by atoms with Crippen molar-refractivity contribution in [3.63, 3.8) is 0 Å². The van der Waals surface area contributed by atoms with Crippen LogP contribution in [0.2, 0.25) is 0 Å². The predicted molar refractivity (Wildman–Crippen MR) is 122 cm³/mol. The van der Waals surface area contributed by atoms with Crippen LogP contribution in [0.15, 0.2) is 36.7 Å². The highest BCUT2D eigenvalue weighted by Gasteiger charge is 2.39. The van der Waals surface area contributed by atoms with Crippen molar-refractivity contribution in [2.45, 2.75) is 57.7 Å². The van der Waals surface area contributed by atoms with Crippen molar-refractivity contribution in [3.05, 3.63) is 36.7 Å². The van der Waals surface area contributed by atoms with Crippen molar-refractivity contribution in [2.24, 2.45) is 7.05 Å². The normalized spacial score (nSPS) is 18.1. The summed E-state index contributed by atoms with van der Waals surface area (Å²) in [6, 6.07) is 7.62. The van der Waals surface area contributed by atoms with Gasteiger partial charge in [0.25, 0.3) is 0 Å². The van der Waals surface area contributed by atoms with E-state index in [1.54, 1.807) is 23.0 Å². The van der Waals surface area contributed by atoms with E-state index in [-0.39, 0.29) is 16.8 Å². The van der Waals surface area contributed by atoms with Gasteiger partial charge in [0.05, 0.1) is 17.5 Å². The summed E-state index contributed by atoms with van der Waals surface area (Å²) < 4.78 is 1.73. The molecule has 0 aliphatic carbocycles. The Bertz CT molecular complexity index is 1060. The van der Waals surface area contributed by atoms with E-state index in [0.717, 1.165) is 29.9 Å². The number of nitrogens with zero attached hydrogens (tertiary/aromatic N) is 6. The van der Waals surface area contributed by atoms with E-state index in [1.165, 1.54) is 0 Å². The van der Waals surface area contributed by atoms with E-state index in [2.05, 4.69) is 58.2 Å². The molecule has 8 nitrogen and oxygen atoms in total. The lowest BCUT2D eigenvalue weighted by molar-refractivity contribution is 0.160. The van der Waals surface area contributed by atoms with Crippen LogP contribution in [0, 0.1) is 0 Å². The quantitative estimate of drug-likeness (QED) is 0.667. The number of rotatable bonds is 4. The van der Waals surface area contributed by atoms with Gasteiger partial charge in [-0.25, -0.2) is 4.98 Å². The number of hydrogen-bond donors (Lipinski definition) is 2. The summed E-state index contributed by atoms with van der Waals surface area (Å²) in [4.78, 5) is 6.66. The van der Waals surface area contributed by atoms with Gasteiger partial charge in [0, 0.05) is 43.0 Å². The molecule has 0 amide bonds. The molecule has 3 heterocycles. The Morgan fingerprint density at radius 1 is 1.10 bits per heavy atom. The molecule has 1 aliphatic heterocycles. The average molecular weight is 422 g/mol. The number of hydrogen-bond acceptors (Lipinski definition) is 7. The molecule has 0 radical (unpaired) electrons. The van der Waals surface area contributed by atoms with E-state index < -0.39 is 0 Å². The van der Waals surface area contributed by atoms with E-state index in [4.69, 9.17) is 0 Å². The van der Waals surface area contributed by atoms with Crippen LogP contribution in [0.3, 0.4) is 0 Å². The first-order valence-corrected chi connectivity index (χ1v) is 10.6. The predicted octanol–water partition coefficient (Wildman–Crippen LogP) is 3.39. The van der Waals surface area contributed by atoms with Gasteiger partial charge in [0.1, 0.15) is 5.75 Å². The topological polar surface area (TPSA) is 92.0 Å². The molecular weight excluding hydrogens is 390 g/mol. The maximum atomic E-state index is 10.6. The molecule has 2 aromatic heterocycles. The fourth-order valence-electron chi connectivity index (χ4n) is 4.73. The average Bonchev–Trinajstić information content (AvgIpc) is 3.11. The van der Waals surface area contributed by atoms with Crippen molar-refractivity contribution in [1.29, 1.82) is 0 Å². The van der Waals surface area contributed by atoms with Gasteiger partial charge in [-0.05, 0) is 58.7 Å². The minimum atomic E-state index is 0.0443. The molecule has 1 saturated heterocycles. The van der Waals surface area contributed by atoms with Gasteiger partial charge in [-0.2, -0.15) is 5.10 Å². The van der Waals surface area contributed by atoms with E-state index in [0.29, 0.717) is 17.4 Å². The van der Waals surface area contributed by atoms with E-state index in [9.17, 15) is 5.11 Å². The van der Waals surface area contributed by atoms with Crippen LogP contribution in [0.4, 0.5) is 5.82 Å². The fourth-order valence-corrected chi connectivity index (χ4v) is 4.73. The second-order valence-corrected chi connectivity index (χ2v) is 9.81. The van der Waals surface area contributed by atoms with Gasteiger partial charge in [-0.1, -0.05) is 6.07 Å². The zero-order valence-corrected chi connectivity index (χ0v) is 19.1. The third-order valence-corrected chi connectivity index (χ3v) is 5.88. The Morgan fingerprint density at radius 2 is 1.81 bits per heavy atom. The summed E-state index contributed by atoms with van der Waals surface area (Å²) in [5.41, 5.74) is 2.27. The number of aromatic nitrogens is 5. The Labute approximate surface area is 183 Å². The number of nitrogens with one attached hydrogen (secondary N) is 1. The van der Waals surface area contributed by atoms with Gasteiger partial charge >= 0.3 is 0 Å². The molecule has 0 bridgehead atoms. The molecule has 0 unspecified atom stereocenters. The van der Waals surface area contributed by atoms with Crippen LogP contribution < -0.4 is 10.2 Å². The summed E-state index contributed by atoms with van der Waals surface area (Å²) in [6.45, 7) is 8.94. The molecule has 0 saturated carbocycles. The smallest absolute Gasteiger partial charge is 0.185 e. The monoisotopic (exact) mass is 421 g/mol. The number of phenolic OH excluding ortho intramolecular Hbond substituents is 1. The minimum absolute atomic E-state index is 0.0443. The van der Waals surface area contributed by atoms with Gasteiger partial charge in [0.2, 0.25) is 0 Å². The third-order valence-electron chi connectivity index (χ3n) is 5.88. The molecule has 2 N–H and O–H groups in total. The third kappa shape index (κ3) is 4.54. The van der Waals surface area contributed by atoms with E-state index in [1.807, 2.05) is 32.4 Å². The number of benzene rings is 1. The van der Waals surface area contributed by atoms with Gasteiger partial charge in [0.15, 0.2) is 11.6 Å². The lowest BCUT2D eigenvalue weighted by Gasteiger charge is -2.49. The van der Waals surface area contributed by atoms with Crippen LogP contribution in [-0.4, -0.2) is 54.2 Å². The lowest BCUT2D eigenvalue weighted by Crippen LogP contribution is -2.62. The first kappa shape index (κ1) is 21.2. The second-order valence-electron chi connectivity index (χ2n) is 9.81. The number of phenols is 1. The zero-order chi connectivity index (χ0) is 22.4. The van der Waals surface area contributed by atoms with Crippen LogP contribution in [-0.2, 0) is 7.05 Å². The SMILES string of the molecule is CN(c1cnc(-c2ccc(-c3ccn(C)n3)cc2O)nn1)C1CC(C)(C)NC(C)(C)C1. The van der Waals surface area contributed by atoms with Gasteiger partial charge in [-0.15, -0.1) is 10.2 Å². The molecule has 3 aromatic rings. The maximum absolute atomic E-state index is 10.6. The summed E-state index contributed by atoms with van der Waals surface area (Å²) in [5, 5.41) is 27.4. The molecule has 4 rings (SSSR count). The number of aryl methyl sites for hydroxylation is 1. The first-order valence-electron chi connectivity index (χ1n) is 10.6. The van der Waals surface area contributed by atoms with E-state index >= 15 is 0 Å². The second kappa shape index (κ2) is 7.60. The first-order chi connectivity index (χ1) is 14.5. The highest BCUT2D eigenvalue weighted by molar-refractivity contribution is 5.71. The molecular formula is C23H31N7O. The summed E-state index contributed by atoms with van der Waals surface area (Å²) >= 11 is 0. The number of piperidine rings is 1. The molecule has 1 fully saturated rings. The molecule has 31 heavy (non-hydrogen) atoms. The van der Waals surface area contributed by atoms with Crippen molar-refractivity contribution < 1.29 is 5.11 Å². The van der Waals surface area contributed by atoms with Crippen molar-refractivity contribution in [1.82, 2.24) is 30.3 Å². The van der Waals surface area contributed by atoms with Crippen molar-refractivity contribution in [2.75, 3.05) is 11.9 Å². The highest BCUT2D eigenvalue weighted by atomic mass is 16.3. The molecule has 1 aromatic carbocycles. The number of anilines is 1. The Morgan fingerprint density at radius 3 is 2.35 bits per heavy atom. The van der Waals surface area contributed by atoms with Crippen molar-refractivity contribution >= 4 is 5.82 Å². The fraction of sp³-hybridized carbons (Fsp3) is 0.478. The van der Waals surface area contributed by atoms with Crippen molar-refractivity contribution in [3.8, 4) is 28.4 Å². The van der Waals surface area contributed by atoms with Gasteiger partial charge < -0.3 is 15.3 Å². The van der Waals surface area contributed by atoms with Crippen LogP contribution in [0.1, 0.15) is 40.5 Å². The standard InChI is InChI=1S/C23H31N7O/c1-22(2)12-16(13-23(3,4)28-22)30(6)20-14-24-21(26-25-20)17-8-7-15(11-19(17)31)18-9-10-29(5)27-18/h7-11,14,16,28,31H,12-13H2,1-6H3. The largest absolute Gasteiger partial charge is 0.507 e. The Kier molecular flexibility index (Phi) is 5.21. The van der Waals surface area contributed by atoms with Crippen LogP contribution in [0.25, 0.3) is 22.6 Å². The van der Waals surface area contributed by atoms with Gasteiger partial charge in [-0.3, -0.25) is 4.68 Å². The number of aromatic hydroxyl groups is 1. The highest BCUT2D eigenvalue weighted by Crippen LogP contribution is 2.33. The van der Waals surface area contributed by atoms with Crippen LogP contribution in [0.5, 0.6) is 5.75 Å². The lowest BCUT2D eigenvalue weighted by atomic mass is 9.79. The Hall–Kier alpha value is -3.00. The summed E-state index contributed by atoms with van der Waals surface area (Å²) in [6.07, 6.45) is 5.61. The Balaban J connectivity index is 1.54. The maximum Gasteiger partial charge on any atom is 0.185 e. The summed E-state index contributed by atoms with van der Waals surface area (Å²) in [7, 11) is 3.91. The molecule has 0 spiro atoms. The summed E-state index contributed by atoms with van der Waals surface area (Å²) in [5.74, 6) is 1.23. The molecule has 8 heteroatoms. The zero-order valence-electron chi connectivity index (χ0n) is 19.1. The van der Waals surface area contributed by atoms with Crippen LogP contribution >= 0.6 is 0 Å².